The first-order valence-corrected chi connectivity index (χ1v) is 7.12. The maximum atomic E-state index is 12.7. The Morgan fingerprint density at radius 1 is 1.24 bits per heavy atom. The number of aliphatic hydroxyl groups excluding tert-OH is 1. The van der Waals surface area contributed by atoms with E-state index in [0.717, 1.165) is 44.2 Å². The van der Waals surface area contributed by atoms with E-state index in [9.17, 15) is 23.1 Å². The Morgan fingerprint density at radius 2 is 1.86 bits per heavy atom. The summed E-state index contributed by atoms with van der Waals surface area (Å²) < 4.78 is 38.1. The molecule has 2 rings (SSSR count). The summed E-state index contributed by atoms with van der Waals surface area (Å²) >= 11 is 0. The molecular formula is C16H19F3O2. The van der Waals surface area contributed by atoms with Crippen LogP contribution in [0, 0.1) is 5.41 Å². The Morgan fingerprint density at radius 3 is 2.38 bits per heavy atom. The van der Waals surface area contributed by atoms with Gasteiger partial charge in [-0.3, -0.25) is 4.79 Å². The van der Waals surface area contributed by atoms with Crippen LogP contribution in [0.4, 0.5) is 13.2 Å². The minimum atomic E-state index is -4.49. The molecule has 0 spiro atoms. The smallest absolute Gasteiger partial charge is 0.388 e. The standard InChI is InChI=1S/C16H19F3O2/c1-15(7-3-2-4-8-15)14(21)13-6-5-12(16(17,18)19)9-11(13)10-20/h5-6,9-10,14,21H,2-4,7-8H2,1H3. The molecule has 0 heterocycles. The first-order valence-electron chi connectivity index (χ1n) is 7.12. The third kappa shape index (κ3) is 3.28. The molecule has 1 atom stereocenters. The molecule has 21 heavy (non-hydrogen) atoms. The lowest BCUT2D eigenvalue weighted by Crippen LogP contribution is -2.29. The van der Waals surface area contributed by atoms with Crippen LogP contribution in [-0.4, -0.2) is 11.4 Å². The molecule has 1 aliphatic rings. The Balaban J connectivity index is 2.37. The summed E-state index contributed by atoms with van der Waals surface area (Å²) in [6.45, 7) is 1.93. The SMILES string of the molecule is CC1(C(O)c2ccc(C(F)(F)F)cc2C=O)CCCCC1. The van der Waals surface area contributed by atoms with E-state index in [-0.39, 0.29) is 11.0 Å². The van der Waals surface area contributed by atoms with Gasteiger partial charge in [-0.1, -0.05) is 32.3 Å². The zero-order chi connectivity index (χ0) is 15.7. The lowest BCUT2D eigenvalue weighted by molar-refractivity contribution is -0.137. The van der Waals surface area contributed by atoms with Crippen LogP contribution in [0.5, 0.6) is 0 Å². The van der Waals surface area contributed by atoms with Crippen molar-refractivity contribution < 1.29 is 23.1 Å². The normalized spacial score (nSPS) is 20.0. The molecule has 0 aromatic heterocycles. The van der Waals surface area contributed by atoms with Crippen LogP contribution < -0.4 is 0 Å². The van der Waals surface area contributed by atoms with Gasteiger partial charge in [0.1, 0.15) is 6.29 Å². The molecule has 1 saturated carbocycles. The van der Waals surface area contributed by atoms with Gasteiger partial charge in [0.2, 0.25) is 0 Å². The highest BCUT2D eigenvalue weighted by atomic mass is 19.4. The van der Waals surface area contributed by atoms with Gasteiger partial charge in [0.15, 0.2) is 0 Å². The third-order valence-electron chi connectivity index (χ3n) is 4.49. The zero-order valence-electron chi connectivity index (χ0n) is 11.9. The van der Waals surface area contributed by atoms with Crippen molar-refractivity contribution >= 4 is 6.29 Å². The van der Waals surface area contributed by atoms with Crippen LogP contribution >= 0.6 is 0 Å². The first-order chi connectivity index (χ1) is 9.78. The van der Waals surface area contributed by atoms with E-state index in [1.165, 1.54) is 6.07 Å². The first kappa shape index (κ1) is 16.0. The lowest BCUT2D eigenvalue weighted by atomic mass is 9.69. The van der Waals surface area contributed by atoms with Crippen molar-refractivity contribution in [2.24, 2.45) is 5.41 Å². The van der Waals surface area contributed by atoms with Crippen molar-refractivity contribution in [2.75, 3.05) is 0 Å². The van der Waals surface area contributed by atoms with Gasteiger partial charge >= 0.3 is 6.18 Å². The lowest BCUT2D eigenvalue weighted by Gasteiger charge is -2.38. The second-order valence-corrected chi connectivity index (χ2v) is 6.08. The highest BCUT2D eigenvalue weighted by Crippen LogP contribution is 2.46. The second kappa shape index (κ2) is 5.79. The molecule has 0 bridgehead atoms. The fourth-order valence-corrected chi connectivity index (χ4v) is 3.11. The predicted octanol–water partition coefficient (Wildman–Crippen LogP) is 4.52. The van der Waals surface area contributed by atoms with Gasteiger partial charge in [0.05, 0.1) is 11.7 Å². The summed E-state index contributed by atoms with van der Waals surface area (Å²) in [4.78, 5) is 11.1. The minimum Gasteiger partial charge on any atom is -0.388 e. The minimum absolute atomic E-state index is 0.0795. The summed E-state index contributed by atoms with van der Waals surface area (Å²) in [6.07, 6.45) is -0.303. The summed E-state index contributed by atoms with van der Waals surface area (Å²) in [5.74, 6) is 0. The number of aliphatic hydroxyl groups is 1. The molecule has 1 fully saturated rings. The average Bonchev–Trinajstić information content (AvgIpc) is 2.45. The van der Waals surface area contributed by atoms with Gasteiger partial charge in [-0.2, -0.15) is 13.2 Å². The van der Waals surface area contributed by atoms with Crippen molar-refractivity contribution in [2.45, 2.75) is 51.3 Å². The molecular weight excluding hydrogens is 281 g/mol. The average molecular weight is 300 g/mol. The van der Waals surface area contributed by atoms with Gasteiger partial charge in [0, 0.05) is 5.56 Å². The number of benzene rings is 1. The largest absolute Gasteiger partial charge is 0.416 e. The van der Waals surface area contributed by atoms with E-state index >= 15 is 0 Å². The molecule has 1 aliphatic carbocycles. The van der Waals surface area contributed by atoms with Crippen molar-refractivity contribution in [3.05, 3.63) is 34.9 Å². The zero-order valence-corrected chi connectivity index (χ0v) is 11.9. The Hall–Kier alpha value is -1.36. The predicted molar refractivity (Wildman–Crippen MR) is 73.0 cm³/mol. The molecule has 0 radical (unpaired) electrons. The van der Waals surface area contributed by atoms with Crippen LogP contribution in [0.25, 0.3) is 0 Å². The number of halogens is 3. The fraction of sp³-hybridized carbons (Fsp3) is 0.562. The molecule has 0 amide bonds. The number of rotatable bonds is 3. The van der Waals surface area contributed by atoms with Crippen molar-refractivity contribution in [1.29, 1.82) is 0 Å². The number of hydrogen-bond donors (Lipinski definition) is 1. The van der Waals surface area contributed by atoms with Gasteiger partial charge in [-0.25, -0.2) is 0 Å². The van der Waals surface area contributed by atoms with Crippen molar-refractivity contribution in [1.82, 2.24) is 0 Å². The monoisotopic (exact) mass is 300 g/mol. The van der Waals surface area contributed by atoms with Crippen LogP contribution in [0.1, 0.15) is 66.6 Å². The van der Waals surface area contributed by atoms with Crippen molar-refractivity contribution in [3.8, 4) is 0 Å². The van der Waals surface area contributed by atoms with Crippen LogP contribution in [-0.2, 0) is 6.18 Å². The van der Waals surface area contributed by atoms with Gasteiger partial charge in [-0.15, -0.1) is 0 Å². The topological polar surface area (TPSA) is 37.3 Å². The van der Waals surface area contributed by atoms with Crippen LogP contribution in [0.3, 0.4) is 0 Å². The molecule has 116 valence electrons. The van der Waals surface area contributed by atoms with E-state index in [1.54, 1.807) is 0 Å². The highest BCUT2D eigenvalue weighted by molar-refractivity contribution is 5.78. The maximum Gasteiger partial charge on any atom is 0.416 e. The molecule has 1 aromatic rings. The van der Waals surface area contributed by atoms with Crippen molar-refractivity contribution in [3.63, 3.8) is 0 Å². The number of alkyl halides is 3. The quantitative estimate of drug-likeness (QED) is 0.833. The van der Waals surface area contributed by atoms with E-state index < -0.39 is 17.8 Å². The van der Waals surface area contributed by atoms with Crippen LogP contribution in [0.15, 0.2) is 18.2 Å². The summed E-state index contributed by atoms with van der Waals surface area (Å²) in [6, 6.07) is 2.98. The highest BCUT2D eigenvalue weighted by Gasteiger charge is 2.37. The molecule has 1 N–H and O–H groups in total. The molecule has 0 aliphatic heterocycles. The van der Waals surface area contributed by atoms with E-state index in [4.69, 9.17) is 0 Å². The van der Waals surface area contributed by atoms with Crippen LogP contribution in [0.2, 0.25) is 0 Å². The fourth-order valence-electron chi connectivity index (χ4n) is 3.11. The summed E-state index contributed by atoms with van der Waals surface area (Å²) in [5.41, 5.74) is -1.03. The van der Waals surface area contributed by atoms with Gasteiger partial charge in [-0.05, 0) is 36.0 Å². The Labute approximate surface area is 122 Å². The van der Waals surface area contributed by atoms with E-state index in [0.29, 0.717) is 11.8 Å². The molecule has 5 heteroatoms. The van der Waals surface area contributed by atoms with Gasteiger partial charge in [0.25, 0.3) is 0 Å². The number of carbonyl (C=O) groups is 1. The number of aldehydes is 1. The Kier molecular flexibility index (Phi) is 4.42. The Bertz CT molecular complexity index is 517. The molecule has 2 nitrogen and oxygen atoms in total. The van der Waals surface area contributed by atoms with E-state index in [1.807, 2.05) is 6.92 Å². The maximum absolute atomic E-state index is 12.7. The number of carbonyl (C=O) groups excluding carboxylic acids is 1. The second-order valence-electron chi connectivity index (χ2n) is 6.08. The summed E-state index contributed by atoms with van der Waals surface area (Å²) in [7, 11) is 0. The molecule has 1 aromatic carbocycles. The summed E-state index contributed by atoms with van der Waals surface area (Å²) in [5, 5.41) is 10.6. The molecule has 1 unspecified atom stereocenters. The third-order valence-corrected chi connectivity index (χ3v) is 4.49. The van der Waals surface area contributed by atoms with E-state index in [2.05, 4.69) is 0 Å². The van der Waals surface area contributed by atoms with Gasteiger partial charge < -0.3 is 5.11 Å². The molecule has 0 saturated heterocycles. The number of hydrogen-bond acceptors (Lipinski definition) is 2.